The van der Waals surface area contributed by atoms with Crippen molar-refractivity contribution >= 4 is 51.5 Å². The van der Waals surface area contributed by atoms with Gasteiger partial charge in [-0.05, 0) is 24.1 Å². The molecule has 2 aliphatic heterocycles. The second kappa shape index (κ2) is 10.1. The molecule has 0 spiro atoms. The molecule has 1 aromatic carbocycles. The first-order chi connectivity index (χ1) is 13.1. The van der Waals surface area contributed by atoms with Crippen LogP contribution in [0.1, 0.15) is 12.0 Å². The average Bonchev–Trinajstić information content (AvgIpc) is 3.02. The predicted octanol–water partition coefficient (Wildman–Crippen LogP) is 1.50. The molecule has 0 aliphatic carbocycles. The van der Waals surface area contributed by atoms with Gasteiger partial charge in [-0.15, -0.1) is 12.4 Å². The van der Waals surface area contributed by atoms with Crippen LogP contribution in [0.25, 0.3) is 0 Å². The number of sulfonamides is 1. The van der Waals surface area contributed by atoms with Crippen LogP contribution in [0.15, 0.2) is 18.2 Å². The third-order valence-electron chi connectivity index (χ3n) is 5.29. The van der Waals surface area contributed by atoms with Crippen LogP contribution in [0.5, 0.6) is 0 Å². The van der Waals surface area contributed by atoms with Crippen LogP contribution in [0, 0.1) is 0 Å². The quantitative estimate of drug-likeness (QED) is 0.682. The van der Waals surface area contributed by atoms with Crippen LogP contribution in [-0.4, -0.2) is 91.2 Å². The Hall–Kier alpha value is -0.610. The van der Waals surface area contributed by atoms with Crippen molar-refractivity contribution in [3.05, 3.63) is 33.8 Å². The highest BCUT2D eigenvalue weighted by Crippen LogP contribution is 2.24. The smallest absolute Gasteiger partial charge is 0.227 e. The lowest BCUT2D eigenvalue weighted by Crippen LogP contribution is -2.59. The number of halogens is 3. The van der Waals surface area contributed by atoms with E-state index in [2.05, 4.69) is 4.90 Å². The highest BCUT2D eigenvalue weighted by atomic mass is 35.5. The number of piperazine rings is 1. The fourth-order valence-electron chi connectivity index (χ4n) is 3.81. The molecule has 2 heterocycles. The second-order valence-electron chi connectivity index (χ2n) is 7.49. The van der Waals surface area contributed by atoms with Gasteiger partial charge in [0.15, 0.2) is 0 Å². The van der Waals surface area contributed by atoms with E-state index in [0.29, 0.717) is 36.1 Å². The number of nitrogens with zero attached hydrogens (tertiary/aromatic N) is 3. The number of carbonyl (C=O) groups excluding carboxylic acids is 1. The Labute approximate surface area is 188 Å². The van der Waals surface area contributed by atoms with Gasteiger partial charge in [0.1, 0.15) is 0 Å². The monoisotopic (exact) mass is 485 g/mol. The van der Waals surface area contributed by atoms with E-state index < -0.39 is 10.0 Å². The Morgan fingerprint density at radius 3 is 2.48 bits per heavy atom. The lowest BCUT2D eigenvalue weighted by Gasteiger charge is -2.42. The maximum atomic E-state index is 13.0. The molecule has 0 radical (unpaired) electrons. The number of hydrogen-bond acceptors (Lipinski definition) is 5. The molecular formula is C18H26Cl3N3O4S. The van der Waals surface area contributed by atoms with E-state index >= 15 is 0 Å². The Balaban J connectivity index is 0.00000300. The van der Waals surface area contributed by atoms with E-state index in [1.807, 2.05) is 0 Å². The van der Waals surface area contributed by atoms with E-state index in [0.717, 1.165) is 12.1 Å². The van der Waals surface area contributed by atoms with Crippen molar-refractivity contribution in [1.82, 2.24) is 14.1 Å². The Morgan fingerprint density at radius 2 is 1.90 bits per heavy atom. The lowest BCUT2D eigenvalue weighted by atomic mass is 10.1. The van der Waals surface area contributed by atoms with Gasteiger partial charge in [0.05, 0.1) is 34.9 Å². The van der Waals surface area contributed by atoms with Crippen LogP contribution in [0.2, 0.25) is 10.0 Å². The van der Waals surface area contributed by atoms with E-state index in [1.54, 1.807) is 23.1 Å². The zero-order valence-electron chi connectivity index (χ0n) is 16.1. The minimum atomic E-state index is -3.33. The summed E-state index contributed by atoms with van der Waals surface area (Å²) >= 11 is 12.0. The van der Waals surface area contributed by atoms with E-state index in [9.17, 15) is 18.3 Å². The third kappa shape index (κ3) is 6.43. The summed E-state index contributed by atoms with van der Waals surface area (Å²) in [5.74, 6) is -0.0729. The van der Waals surface area contributed by atoms with Gasteiger partial charge >= 0.3 is 0 Å². The van der Waals surface area contributed by atoms with Crippen LogP contribution in [0.4, 0.5) is 0 Å². The molecule has 1 amide bonds. The summed E-state index contributed by atoms with van der Waals surface area (Å²) in [6.45, 7) is 2.71. The summed E-state index contributed by atoms with van der Waals surface area (Å²) in [5, 5.41) is 10.6. The summed E-state index contributed by atoms with van der Waals surface area (Å²) in [4.78, 5) is 16.8. The van der Waals surface area contributed by atoms with Gasteiger partial charge in [-0.1, -0.05) is 29.3 Å². The summed E-state index contributed by atoms with van der Waals surface area (Å²) in [5.41, 5.74) is 0.764. The van der Waals surface area contributed by atoms with E-state index in [-0.39, 0.29) is 50.0 Å². The average molecular weight is 487 g/mol. The van der Waals surface area contributed by atoms with Gasteiger partial charge < -0.3 is 10.0 Å². The largest absolute Gasteiger partial charge is 0.392 e. The molecule has 1 aromatic rings. The van der Waals surface area contributed by atoms with Crippen LogP contribution >= 0.6 is 35.6 Å². The molecule has 7 nitrogen and oxygen atoms in total. The van der Waals surface area contributed by atoms with E-state index in [1.165, 1.54) is 10.6 Å². The first kappa shape index (κ1) is 24.7. The summed E-state index contributed by atoms with van der Waals surface area (Å²) in [6, 6.07) is 4.85. The highest BCUT2D eigenvalue weighted by molar-refractivity contribution is 7.88. The van der Waals surface area contributed by atoms with Gasteiger partial charge in [0.2, 0.25) is 15.9 Å². The third-order valence-corrected chi connectivity index (χ3v) is 7.30. The zero-order chi connectivity index (χ0) is 20.5. The highest BCUT2D eigenvalue weighted by Gasteiger charge is 2.36. The maximum absolute atomic E-state index is 13.0. The number of benzene rings is 1. The minimum Gasteiger partial charge on any atom is -0.392 e. The second-order valence-corrected chi connectivity index (χ2v) is 10.3. The van der Waals surface area contributed by atoms with Crippen molar-refractivity contribution in [2.45, 2.75) is 25.0 Å². The first-order valence-electron chi connectivity index (χ1n) is 9.22. The topological polar surface area (TPSA) is 81.2 Å². The SMILES string of the molecule is CS(=O)(=O)N1CCN(C(=O)Cc2ccc(Cl)c(Cl)c2)C(CN2CC[C@H](O)C2)C1.Cl. The van der Waals surface area contributed by atoms with Crippen molar-refractivity contribution in [3.8, 4) is 0 Å². The summed E-state index contributed by atoms with van der Waals surface area (Å²) in [6.07, 6.45) is 1.70. The van der Waals surface area contributed by atoms with Gasteiger partial charge in [-0.25, -0.2) is 8.42 Å². The van der Waals surface area contributed by atoms with Gasteiger partial charge in [0.25, 0.3) is 0 Å². The summed E-state index contributed by atoms with van der Waals surface area (Å²) < 4.78 is 25.4. The molecule has 29 heavy (non-hydrogen) atoms. The minimum absolute atomic E-state index is 0. The number of hydrogen-bond donors (Lipinski definition) is 1. The number of aliphatic hydroxyl groups is 1. The molecular weight excluding hydrogens is 461 g/mol. The standard InChI is InChI=1S/C18H25Cl2N3O4S.ClH/c1-28(26,27)22-6-7-23(14(11-22)10-21-5-4-15(24)12-21)18(25)9-13-2-3-16(19)17(20)8-13;/h2-3,8,14-15,24H,4-7,9-12H2,1H3;1H/t14?,15-;/m0./s1. The fraction of sp³-hybridized carbons (Fsp3) is 0.611. The normalized spacial score (nSPS) is 23.8. The first-order valence-corrected chi connectivity index (χ1v) is 11.8. The Bertz CT molecular complexity index is 840. The number of rotatable bonds is 5. The van der Waals surface area contributed by atoms with Gasteiger partial charge in [-0.2, -0.15) is 4.31 Å². The molecule has 3 rings (SSSR count). The fourth-order valence-corrected chi connectivity index (χ4v) is 4.99. The van der Waals surface area contributed by atoms with Crippen LogP contribution in [-0.2, 0) is 21.2 Å². The lowest BCUT2D eigenvalue weighted by molar-refractivity contribution is -0.135. The molecule has 0 saturated carbocycles. The van der Waals surface area contributed by atoms with Crippen molar-refractivity contribution in [1.29, 1.82) is 0 Å². The van der Waals surface area contributed by atoms with Crippen molar-refractivity contribution < 1.29 is 18.3 Å². The number of amides is 1. The zero-order valence-corrected chi connectivity index (χ0v) is 19.3. The maximum Gasteiger partial charge on any atom is 0.227 e. The Kier molecular flexibility index (Phi) is 8.61. The number of β-amino-alcohol motifs (C(OH)–C–C–N with tert-alkyl or cyclic N) is 1. The van der Waals surface area contributed by atoms with E-state index in [4.69, 9.17) is 23.2 Å². The molecule has 164 valence electrons. The van der Waals surface area contributed by atoms with Gasteiger partial charge in [-0.3, -0.25) is 9.69 Å². The molecule has 1 N–H and O–H groups in total. The van der Waals surface area contributed by atoms with Crippen LogP contribution in [0.3, 0.4) is 0 Å². The van der Waals surface area contributed by atoms with Crippen LogP contribution < -0.4 is 0 Å². The Morgan fingerprint density at radius 1 is 1.17 bits per heavy atom. The number of likely N-dealkylation sites (tertiary alicyclic amines) is 1. The molecule has 1 unspecified atom stereocenters. The van der Waals surface area contributed by atoms with Crippen molar-refractivity contribution in [2.24, 2.45) is 0 Å². The van der Waals surface area contributed by atoms with Crippen molar-refractivity contribution in [2.75, 3.05) is 45.5 Å². The molecule has 11 heteroatoms. The molecule has 0 bridgehead atoms. The summed E-state index contributed by atoms with van der Waals surface area (Å²) in [7, 11) is -3.33. The molecule has 2 atom stereocenters. The van der Waals surface area contributed by atoms with Gasteiger partial charge in [0, 0.05) is 39.3 Å². The van der Waals surface area contributed by atoms with Crippen molar-refractivity contribution in [3.63, 3.8) is 0 Å². The predicted molar refractivity (Wildman–Crippen MR) is 116 cm³/mol. The number of aliphatic hydroxyl groups excluding tert-OH is 1. The molecule has 2 aliphatic rings. The molecule has 2 saturated heterocycles. The molecule has 2 fully saturated rings. The molecule has 0 aromatic heterocycles. The number of carbonyl (C=O) groups is 1.